The minimum Gasteiger partial charge on any atom is -0.377 e. The minimum atomic E-state index is 0.344. The van der Waals surface area contributed by atoms with E-state index in [9.17, 15) is 0 Å². The van der Waals surface area contributed by atoms with Gasteiger partial charge in [-0.3, -0.25) is 0 Å². The van der Waals surface area contributed by atoms with E-state index < -0.39 is 0 Å². The maximum atomic E-state index is 5.60. The van der Waals surface area contributed by atoms with Gasteiger partial charge in [-0.1, -0.05) is 0 Å². The van der Waals surface area contributed by atoms with E-state index >= 15 is 0 Å². The Balaban J connectivity index is 1.93. The molecule has 72 valence electrons. The van der Waals surface area contributed by atoms with Crippen LogP contribution in [0.5, 0.6) is 0 Å². The van der Waals surface area contributed by atoms with Crippen LogP contribution < -0.4 is 5.32 Å². The zero-order valence-corrected chi connectivity index (χ0v) is 8.01. The number of hydrogen-bond donors (Lipinski definition) is 1. The Labute approximate surface area is 74.4 Å². The summed E-state index contributed by atoms with van der Waals surface area (Å²) in [5.41, 5.74) is 0. The molecule has 12 heavy (non-hydrogen) atoms. The largest absolute Gasteiger partial charge is 0.377 e. The summed E-state index contributed by atoms with van der Waals surface area (Å²) < 4.78 is 11.0. The summed E-state index contributed by atoms with van der Waals surface area (Å²) in [5.74, 6) is 0. The molecule has 0 aromatic heterocycles. The second kappa shape index (κ2) is 5.51. The van der Waals surface area contributed by atoms with Gasteiger partial charge in [0.15, 0.2) is 0 Å². The van der Waals surface area contributed by atoms with E-state index in [2.05, 4.69) is 12.2 Å². The van der Waals surface area contributed by atoms with Crippen LogP contribution in [0.1, 0.15) is 19.8 Å². The zero-order valence-electron chi connectivity index (χ0n) is 8.01. The van der Waals surface area contributed by atoms with Crippen LogP contribution in [0.2, 0.25) is 0 Å². The molecule has 2 atom stereocenters. The van der Waals surface area contributed by atoms with Crippen molar-refractivity contribution in [3.05, 3.63) is 0 Å². The summed E-state index contributed by atoms with van der Waals surface area (Å²) in [6, 6.07) is 0. The Hall–Kier alpha value is -0.120. The van der Waals surface area contributed by atoms with Crippen molar-refractivity contribution in [3.8, 4) is 0 Å². The maximum Gasteiger partial charge on any atom is 0.0813 e. The molecule has 3 nitrogen and oxygen atoms in total. The number of likely N-dealkylation sites (N-methyl/N-ethyl adjacent to an activating group) is 1. The lowest BCUT2D eigenvalue weighted by molar-refractivity contribution is -0.00807. The zero-order chi connectivity index (χ0) is 8.81. The summed E-state index contributed by atoms with van der Waals surface area (Å²) in [6.07, 6.45) is 3.11. The molecule has 1 N–H and O–H groups in total. The highest BCUT2D eigenvalue weighted by molar-refractivity contribution is 4.69. The number of nitrogens with one attached hydrogen (secondary N) is 1. The van der Waals surface area contributed by atoms with Gasteiger partial charge in [-0.2, -0.15) is 0 Å². The Morgan fingerprint density at radius 3 is 2.92 bits per heavy atom. The molecule has 3 heteroatoms. The Bertz CT molecular complexity index is 119. The van der Waals surface area contributed by atoms with Crippen LogP contribution in [0.4, 0.5) is 0 Å². The molecule has 0 bridgehead atoms. The lowest BCUT2D eigenvalue weighted by atomic mass is 10.2. The van der Waals surface area contributed by atoms with Crippen molar-refractivity contribution in [2.75, 3.05) is 26.8 Å². The number of hydrogen-bond acceptors (Lipinski definition) is 3. The molecule has 0 aromatic rings. The van der Waals surface area contributed by atoms with E-state index in [0.29, 0.717) is 12.2 Å². The van der Waals surface area contributed by atoms with Crippen LogP contribution in [-0.4, -0.2) is 39.0 Å². The molecule has 2 unspecified atom stereocenters. The fourth-order valence-electron chi connectivity index (χ4n) is 1.40. The van der Waals surface area contributed by atoms with Gasteiger partial charge in [0.2, 0.25) is 0 Å². The predicted octanol–water partition coefficient (Wildman–Crippen LogP) is 0.790. The molecule has 0 radical (unpaired) electrons. The SMILES string of the molecule is CNCCOCC1CCC(C)O1. The Morgan fingerprint density at radius 2 is 2.33 bits per heavy atom. The second-order valence-corrected chi connectivity index (χ2v) is 3.32. The fourth-order valence-corrected chi connectivity index (χ4v) is 1.40. The summed E-state index contributed by atoms with van der Waals surface area (Å²) in [4.78, 5) is 0. The first-order valence-corrected chi connectivity index (χ1v) is 4.70. The molecule has 1 aliphatic rings. The molecule has 1 rings (SSSR count). The van der Waals surface area contributed by atoms with Gasteiger partial charge >= 0.3 is 0 Å². The molecule has 0 saturated carbocycles. The van der Waals surface area contributed by atoms with Crippen molar-refractivity contribution >= 4 is 0 Å². The summed E-state index contributed by atoms with van der Waals surface area (Å²) in [7, 11) is 1.93. The molecular formula is C9H19NO2. The lowest BCUT2D eigenvalue weighted by Gasteiger charge is -2.11. The quantitative estimate of drug-likeness (QED) is 0.623. The molecule has 0 spiro atoms. The average Bonchev–Trinajstić information content (AvgIpc) is 2.45. The van der Waals surface area contributed by atoms with E-state index in [0.717, 1.165) is 26.2 Å². The molecular weight excluding hydrogens is 154 g/mol. The smallest absolute Gasteiger partial charge is 0.0813 e. The third kappa shape index (κ3) is 3.52. The minimum absolute atomic E-state index is 0.344. The van der Waals surface area contributed by atoms with Gasteiger partial charge in [-0.15, -0.1) is 0 Å². The first-order valence-electron chi connectivity index (χ1n) is 4.70. The third-order valence-electron chi connectivity index (χ3n) is 2.12. The van der Waals surface area contributed by atoms with E-state index in [1.165, 1.54) is 6.42 Å². The fraction of sp³-hybridized carbons (Fsp3) is 1.00. The molecule has 0 aliphatic carbocycles. The first kappa shape index (κ1) is 9.96. The van der Waals surface area contributed by atoms with Crippen molar-refractivity contribution in [1.29, 1.82) is 0 Å². The van der Waals surface area contributed by atoms with Crippen LogP contribution in [-0.2, 0) is 9.47 Å². The topological polar surface area (TPSA) is 30.5 Å². The highest BCUT2D eigenvalue weighted by atomic mass is 16.5. The van der Waals surface area contributed by atoms with Gasteiger partial charge in [0.1, 0.15) is 0 Å². The first-order chi connectivity index (χ1) is 5.83. The van der Waals surface area contributed by atoms with E-state index in [-0.39, 0.29) is 0 Å². The average molecular weight is 173 g/mol. The third-order valence-corrected chi connectivity index (χ3v) is 2.12. The highest BCUT2D eigenvalue weighted by Gasteiger charge is 2.21. The van der Waals surface area contributed by atoms with Crippen molar-refractivity contribution in [3.63, 3.8) is 0 Å². The van der Waals surface area contributed by atoms with Gasteiger partial charge in [0, 0.05) is 6.54 Å². The lowest BCUT2D eigenvalue weighted by Crippen LogP contribution is -2.20. The summed E-state index contributed by atoms with van der Waals surface area (Å²) >= 11 is 0. The van der Waals surface area contributed by atoms with Gasteiger partial charge in [-0.05, 0) is 26.8 Å². The normalized spacial score (nSPS) is 29.5. The van der Waals surface area contributed by atoms with Crippen molar-refractivity contribution < 1.29 is 9.47 Å². The molecule has 1 aliphatic heterocycles. The van der Waals surface area contributed by atoms with Crippen LogP contribution in [0, 0.1) is 0 Å². The molecule has 0 amide bonds. The molecule has 0 aromatic carbocycles. The number of rotatable bonds is 5. The van der Waals surface area contributed by atoms with Crippen molar-refractivity contribution in [2.45, 2.75) is 32.0 Å². The summed E-state index contributed by atoms with van der Waals surface area (Å²) in [6.45, 7) is 4.58. The Morgan fingerprint density at radius 1 is 1.50 bits per heavy atom. The predicted molar refractivity (Wildman–Crippen MR) is 48.3 cm³/mol. The van der Waals surface area contributed by atoms with Gasteiger partial charge in [-0.25, -0.2) is 0 Å². The molecule has 1 saturated heterocycles. The van der Waals surface area contributed by atoms with Crippen LogP contribution >= 0.6 is 0 Å². The highest BCUT2D eigenvalue weighted by Crippen LogP contribution is 2.18. The van der Waals surface area contributed by atoms with E-state index in [1.807, 2.05) is 7.05 Å². The monoisotopic (exact) mass is 173 g/mol. The summed E-state index contributed by atoms with van der Waals surface area (Å²) in [5, 5.41) is 3.04. The molecule has 1 fully saturated rings. The van der Waals surface area contributed by atoms with Crippen molar-refractivity contribution in [1.82, 2.24) is 5.32 Å². The van der Waals surface area contributed by atoms with Gasteiger partial charge in [0.05, 0.1) is 25.4 Å². The van der Waals surface area contributed by atoms with E-state index in [1.54, 1.807) is 0 Å². The maximum absolute atomic E-state index is 5.60. The van der Waals surface area contributed by atoms with Gasteiger partial charge < -0.3 is 14.8 Å². The van der Waals surface area contributed by atoms with Gasteiger partial charge in [0.25, 0.3) is 0 Å². The second-order valence-electron chi connectivity index (χ2n) is 3.32. The van der Waals surface area contributed by atoms with Crippen LogP contribution in [0.15, 0.2) is 0 Å². The van der Waals surface area contributed by atoms with Crippen LogP contribution in [0.3, 0.4) is 0 Å². The molecule has 1 heterocycles. The standard InChI is InChI=1S/C9H19NO2/c1-8-3-4-9(12-8)7-11-6-5-10-2/h8-10H,3-7H2,1-2H3. The van der Waals surface area contributed by atoms with Crippen LogP contribution in [0.25, 0.3) is 0 Å². The Kier molecular flexibility index (Phi) is 4.58. The number of ether oxygens (including phenoxy) is 2. The van der Waals surface area contributed by atoms with E-state index in [4.69, 9.17) is 9.47 Å². The van der Waals surface area contributed by atoms with Crippen molar-refractivity contribution in [2.24, 2.45) is 0 Å².